The fourth-order valence-corrected chi connectivity index (χ4v) is 3.07. The molecular weight excluding hydrogens is 444 g/mol. The molecular formula is C30H21F2NS. The maximum atomic E-state index is 13.9. The van der Waals surface area contributed by atoms with Crippen LogP contribution in [0.4, 0.5) is 14.5 Å². The Labute approximate surface area is 205 Å². The average molecular weight is 466 g/mol. The highest BCUT2D eigenvalue weighted by Crippen LogP contribution is 2.23. The van der Waals surface area contributed by atoms with Crippen molar-refractivity contribution in [1.82, 2.24) is 0 Å². The molecule has 0 heterocycles. The highest BCUT2D eigenvalue weighted by Gasteiger charge is 2.09. The lowest BCUT2D eigenvalue weighted by Gasteiger charge is -1.98. The summed E-state index contributed by atoms with van der Waals surface area (Å²) in [4.78, 5) is 3.39. The Morgan fingerprint density at radius 1 is 0.676 bits per heavy atom. The number of benzene rings is 3. The van der Waals surface area contributed by atoms with E-state index in [1.807, 2.05) is 53.7 Å². The molecule has 0 saturated heterocycles. The van der Waals surface area contributed by atoms with E-state index in [0.29, 0.717) is 5.56 Å². The van der Waals surface area contributed by atoms with Crippen molar-refractivity contribution in [2.24, 2.45) is 4.99 Å². The number of hydrogen-bond acceptors (Lipinski definition) is 2. The van der Waals surface area contributed by atoms with Gasteiger partial charge in [-0.3, -0.25) is 0 Å². The Kier molecular flexibility index (Phi) is 9.34. The topological polar surface area (TPSA) is 12.4 Å². The molecule has 1 nitrogen and oxygen atoms in total. The molecule has 0 aromatic heterocycles. The van der Waals surface area contributed by atoms with Gasteiger partial charge in [-0.05, 0) is 79.3 Å². The fraction of sp³-hybridized carbons (Fsp3) is 0.167. The van der Waals surface area contributed by atoms with Crippen LogP contribution < -0.4 is 0 Å². The van der Waals surface area contributed by atoms with E-state index in [1.165, 1.54) is 12.8 Å². The number of aliphatic imine (C=N–C) groups is 1. The molecule has 0 aliphatic rings. The summed E-state index contributed by atoms with van der Waals surface area (Å²) in [6.07, 6.45) is 4.49. The number of isothiocyanates is 1. The summed E-state index contributed by atoms with van der Waals surface area (Å²) in [6.45, 7) is 2.18. The van der Waals surface area contributed by atoms with Gasteiger partial charge in [0.25, 0.3) is 0 Å². The van der Waals surface area contributed by atoms with E-state index >= 15 is 0 Å². The summed E-state index contributed by atoms with van der Waals surface area (Å²) in [7, 11) is 0. The summed E-state index contributed by atoms with van der Waals surface area (Å²) in [6, 6.07) is 17.4. The maximum absolute atomic E-state index is 13.9. The van der Waals surface area contributed by atoms with Crippen LogP contribution >= 0.6 is 12.2 Å². The van der Waals surface area contributed by atoms with Gasteiger partial charge in [-0.15, -0.1) is 0 Å². The second-order valence-corrected chi connectivity index (χ2v) is 7.59. The molecule has 3 aromatic carbocycles. The van der Waals surface area contributed by atoms with E-state index in [-0.39, 0.29) is 5.56 Å². The van der Waals surface area contributed by atoms with Crippen molar-refractivity contribution in [2.75, 3.05) is 0 Å². The molecule has 0 saturated carbocycles. The number of thiocarbonyl (C=S) groups is 1. The predicted molar refractivity (Wildman–Crippen MR) is 137 cm³/mol. The Hall–Kier alpha value is -4.00. The average Bonchev–Trinajstić information content (AvgIpc) is 2.85. The van der Waals surface area contributed by atoms with Crippen molar-refractivity contribution >= 4 is 23.1 Å². The van der Waals surface area contributed by atoms with Crippen LogP contribution in [0, 0.1) is 47.2 Å². The van der Waals surface area contributed by atoms with Gasteiger partial charge in [-0.2, -0.15) is 4.99 Å². The zero-order valence-electron chi connectivity index (χ0n) is 18.7. The number of nitrogens with zero attached hydrogens (tertiary/aromatic N) is 1. The molecule has 34 heavy (non-hydrogen) atoms. The lowest BCUT2D eigenvalue weighted by molar-refractivity contribution is 0.587. The summed E-state index contributed by atoms with van der Waals surface area (Å²) in [5.74, 6) is 16.6. The second kappa shape index (κ2) is 12.9. The molecule has 0 bridgehead atoms. The summed E-state index contributed by atoms with van der Waals surface area (Å²) in [5, 5.41) is 1.96. The van der Waals surface area contributed by atoms with E-state index in [2.05, 4.69) is 59.7 Å². The third-order valence-electron chi connectivity index (χ3n) is 4.78. The van der Waals surface area contributed by atoms with Gasteiger partial charge >= 0.3 is 0 Å². The van der Waals surface area contributed by atoms with E-state index in [0.717, 1.165) is 41.7 Å². The standard InChI is InChI=1S/C30H21F2NS/c1-2-3-4-5-6-7-23-8-10-24(11-9-23)12-13-25-14-16-26(17-15-25)18-19-27-20-28(31)30(33-22-34)29(32)21-27/h8-11,14-17,20-21H,2-5H2,1H3. The third kappa shape index (κ3) is 7.55. The van der Waals surface area contributed by atoms with Crippen molar-refractivity contribution in [3.05, 3.63) is 100 Å². The van der Waals surface area contributed by atoms with Crippen LogP contribution in [0.1, 0.15) is 60.4 Å². The van der Waals surface area contributed by atoms with E-state index in [9.17, 15) is 8.78 Å². The van der Waals surface area contributed by atoms with Crippen LogP contribution in [-0.4, -0.2) is 5.16 Å². The predicted octanol–water partition coefficient (Wildman–Crippen LogP) is 7.43. The smallest absolute Gasteiger partial charge is 0.153 e. The van der Waals surface area contributed by atoms with Crippen molar-refractivity contribution in [3.63, 3.8) is 0 Å². The molecule has 166 valence electrons. The molecule has 0 N–H and O–H groups in total. The van der Waals surface area contributed by atoms with Crippen molar-refractivity contribution < 1.29 is 8.78 Å². The molecule has 0 unspecified atom stereocenters. The van der Waals surface area contributed by atoms with Crippen LogP contribution in [0.5, 0.6) is 0 Å². The first-order valence-electron chi connectivity index (χ1n) is 10.9. The number of hydrogen-bond donors (Lipinski definition) is 0. The minimum atomic E-state index is -0.834. The van der Waals surface area contributed by atoms with Crippen LogP contribution in [0.15, 0.2) is 65.7 Å². The molecule has 0 amide bonds. The lowest BCUT2D eigenvalue weighted by Crippen LogP contribution is -1.86. The molecule has 0 aliphatic carbocycles. The lowest BCUT2D eigenvalue weighted by atomic mass is 10.1. The Morgan fingerprint density at radius 3 is 1.56 bits per heavy atom. The number of unbranched alkanes of at least 4 members (excludes halogenated alkanes) is 3. The van der Waals surface area contributed by atoms with Gasteiger partial charge in [0.2, 0.25) is 0 Å². The van der Waals surface area contributed by atoms with Crippen LogP contribution in [0.2, 0.25) is 0 Å². The normalized spacial score (nSPS) is 9.38. The summed E-state index contributed by atoms with van der Waals surface area (Å²) in [5.41, 5.74) is 3.18. The van der Waals surface area contributed by atoms with Gasteiger partial charge < -0.3 is 0 Å². The van der Waals surface area contributed by atoms with E-state index in [4.69, 9.17) is 0 Å². The van der Waals surface area contributed by atoms with E-state index in [1.54, 1.807) is 0 Å². The molecule has 0 radical (unpaired) electrons. The van der Waals surface area contributed by atoms with Gasteiger partial charge in [-0.1, -0.05) is 55.3 Å². The van der Waals surface area contributed by atoms with Gasteiger partial charge in [-0.25, -0.2) is 8.78 Å². The van der Waals surface area contributed by atoms with Crippen molar-refractivity contribution in [2.45, 2.75) is 32.6 Å². The number of rotatable bonds is 4. The monoisotopic (exact) mass is 465 g/mol. The van der Waals surface area contributed by atoms with Crippen LogP contribution in [-0.2, 0) is 0 Å². The Bertz CT molecular complexity index is 1360. The zero-order chi connectivity index (χ0) is 24.2. The van der Waals surface area contributed by atoms with Gasteiger partial charge in [0.1, 0.15) is 5.69 Å². The minimum Gasteiger partial charge on any atom is -0.204 e. The molecule has 3 rings (SSSR count). The third-order valence-corrected chi connectivity index (χ3v) is 4.88. The molecule has 4 heteroatoms. The highest BCUT2D eigenvalue weighted by molar-refractivity contribution is 7.78. The van der Waals surface area contributed by atoms with Gasteiger partial charge in [0, 0.05) is 34.2 Å². The van der Waals surface area contributed by atoms with Gasteiger partial charge in [0.05, 0.1) is 5.16 Å². The molecule has 0 fully saturated rings. The van der Waals surface area contributed by atoms with Crippen molar-refractivity contribution in [1.29, 1.82) is 0 Å². The largest absolute Gasteiger partial charge is 0.204 e. The quantitative estimate of drug-likeness (QED) is 0.169. The maximum Gasteiger partial charge on any atom is 0.153 e. The molecule has 0 atom stereocenters. The summed E-state index contributed by atoms with van der Waals surface area (Å²) >= 11 is 4.40. The van der Waals surface area contributed by atoms with Crippen LogP contribution in [0.3, 0.4) is 0 Å². The number of halogens is 2. The molecule has 0 aliphatic heterocycles. The van der Waals surface area contributed by atoms with Crippen molar-refractivity contribution in [3.8, 4) is 35.5 Å². The Balaban J connectivity index is 1.64. The van der Waals surface area contributed by atoms with Gasteiger partial charge in [0.15, 0.2) is 11.6 Å². The first-order chi connectivity index (χ1) is 16.6. The minimum absolute atomic E-state index is 0.205. The summed E-state index contributed by atoms with van der Waals surface area (Å²) < 4.78 is 27.8. The molecule has 0 spiro atoms. The fourth-order valence-electron chi connectivity index (χ4n) is 2.98. The zero-order valence-corrected chi connectivity index (χ0v) is 19.5. The van der Waals surface area contributed by atoms with E-state index < -0.39 is 17.3 Å². The highest BCUT2D eigenvalue weighted by atomic mass is 32.1. The first-order valence-corrected chi connectivity index (χ1v) is 11.3. The Morgan fingerprint density at radius 2 is 1.12 bits per heavy atom. The second-order valence-electron chi connectivity index (χ2n) is 7.41. The SMILES string of the molecule is CCCCCC#Cc1ccc(C#Cc2ccc(C#Cc3cc(F)c(N=C=S)c(F)c3)cc2)cc1. The molecule has 3 aromatic rings. The first kappa shape index (κ1) is 24.6. The van der Waals surface area contributed by atoms with Crippen LogP contribution in [0.25, 0.3) is 0 Å².